The first-order chi connectivity index (χ1) is 14.2. The van der Waals surface area contributed by atoms with Gasteiger partial charge in [0.2, 0.25) is 0 Å². The van der Waals surface area contributed by atoms with E-state index in [4.69, 9.17) is 5.11 Å². The summed E-state index contributed by atoms with van der Waals surface area (Å²) in [5.41, 5.74) is 1.99. The molecule has 1 N–H and O–H groups in total. The van der Waals surface area contributed by atoms with Gasteiger partial charge in [0.05, 0.1) is 6.20 Å². The summed E-state index contributed by atoms with van der Waals surface area (Å²) in [6.45, 7) is 2.54. The topological polar surface area (TPSA) is 88.6 Å². The minimum Gasteiger partial charge on any atom is -0.396 e. The van der Waals surface area contributed by atoms with Crippen molar-refractivity contribution in [2.24, 2.45) is 5.92 Å². The Hall–Kier alpha value is -2.74. The van der Waals surface area contributed by atoms with Crippen LogP contribution in [0.2, 0.25) is 0 Å². The summed E-state index contributed by atoms with van der Waals surface area (Å²) in [6.07, 6.45) is 14.3. The van der Waals surface area contributed by atoms with E-state index in [1.165, 1.54) is 12.8 Å². The second-order valence-corrected chi connectivity index (χ2v) is 8.23. The maximum atomic E-state index is 13.2. The zero-order valence-corrected chi connectivity index (χ0v) is 16.4. The molecule has 3 aromatic rings. The second kappa shape index (κ2) is 7.59. The maximum absolute atomic E-state index is 13.2. The van der Waals surface area contributed by atoms with Crippen LogP contribution in [-0.4, -0.2) is 59.8 Å². The number of imidazole rings is 1. The van der Waals surface area contributed by atoms with Gasteiger partial charge in [-0.2, -0.15) is 5.10 Å². The molecule has 0 unspecified atom stereocenters. The van der Waals surface area contributed by atoms with Crippen molar-refractivity contribution in [1.29, 1.82) is 0 Å². The summed E-state index contributed by atoms with van der Waals surface area (Å²) in [7, 11) is 0. The lowest BCUT2D eigenvalue weighted by Crippen LogP contribution is -2.39. The number of amides is 1. The molecule has 2 aliphatic rings. The number of aliphatic hydroxyl groups is 1. The highest BCUT2D eigenvalue weighted by molar-refractivity contribution is 5.99. The van der Waals surface area contributed by atoms with Crippen molar-refractivity contribution in [2.75, 3.05) is 19.7 Å². The highest BCUT2D eigenvalue weighted by Crippen LogP contribution is 2.33. The van der Waals surface area contributed by atoms with Gasteiger partial charge in [0.15, 0.2) is 5.65 Å². The van der Waals surface area contributed by atoms with Crippen molar-refractivity contribution in [3.63, 3.8) is 0 Å². The number of carbonyl (C=O) groups is 1. The van der Waals surface area contributed by atoms with Gasteiger partial charge in [-0.05, 0) is 43.6 Å². The molecule has 0 radical (unpaired) electrons. The molecule has 1 aliphatic heterocycles. The van der Waals surface area contributed by atoms with Gasteiger partial charge in [0.1, 0.15) is 11.4 Å². The maximum Gasteiger partial charge on any atom is 0.259 e. The van der Waals surface area contributed by atoms with E-state index in [2.05, 4.69) is 25.8 Å². The van der Waals surface area contributed by atoms with Gasteiger partial charge in [-0.1, -0.05) is 0 Å². The molecule has 2 fully saturated rings. The summed E-state index contributed by atoms with van der Waals surface area (Å²) in [4.78, 5) is 24.2. The number of carbonyl (C=O) groups excluding carboxylic acids is 1. The quantitative estimate of drug-likeness (QED) is 0.690. The zero-order chi connectivity index (χ0) is 19.8. The molecular formula is C21H26N6O2. The third-order valence-corrected chi connectivity index (χ3v) is 6.01. The summed E-state index contributed by atoms with van der Waals surface area (Å²) in [5.74, 6) is 2.16. The Morgan fingerprint density at radius 2 is 2.10 bits per heavy atom. The van der Waals surface area contributed by atoms with Crippen LogP contribution < -0.4 is 0 Å². The molecule has 8 heteroatoms. The number of aliphatic hydroxyl groups excluding tert-OH is 1. The van der Waals surface area contributed by atoms with Gasteiger partial charge < -0.3 is 14.6 Å². The zero-order valence-electron chi connectivity index (χ0n) is 16.4. The molecule has 5 rings (SSSR count). The molecule has 0 spiro atoms. The number of nitrogens with zero attached hydrogens (tertiary/aromatic N) is 6. The molecule has 0 aromatic carbocycles. The Morgan fingerprint density at radius 1 is 1.21 bits per heavy atom. The summed E-state index contributed by atoms with van der Waals surface area (Å²) < 4.78 is 3.91. The predicted octanol–water partition coefficient (Wildman–Crippen LogP) is 1.89. The fourth-order valence-corrected chi connectivity index (χ4v) is 4.28. The third-order valence-electron chi connectivity index (χ3n) is 6.01. The van der Waals surface area contributed by atoms with E-state index >= 15 is 0 Å². The molecule has 1 aliphatic carbocycles. The minimum absolute atomic E-state index is 0.0209. The monoisotopic (exact) mass is 394 g/mol. The van der Waals surface area contributed by atoms with Crippen LogP contribution in [0.3, 0.4) is 0 Å². The number of aromatic nitrogens is 5. The van der Waals surface area contributed by atoms with Gasteiger partial charge in [-0.25, -0.2) is 14.5 Å². The largest absolute Gasteiger partial charge is 0.396 e. The van der Waals surface area contributed by atoms with E-state index in [0.29, 0.717) is 24.2 Å². The van der Waals surface area contributed by atoms with Gasteiger partial charge in [0.25, 0.3) is 5.91 Å². The van der Waals surface area contributed by atoms with Crippen LogP contribution >= 0.6 is 0 Å². The number of hydrogen-bond donors (Lipinski definition) is 1. The third kappa shape index (κ3) is 3.64. The summed E-state index contributed by atoms with van der Waals surface area (Å²) in [5, 5.41) is 13.4. The van der Waals surface area contributed by atoms with E-state index < -0.39 is 0 Å². The number of likely N-dealkylation sites (tertiary alicyclic amines) is 1. The van der Waals surface area contributed by atoms with E-state index in [-0.39, 0.29) is 18.4 Å². The lowest BCUT2D eigenvalue weighted by molar-refractivity contribution is 0.0705. The Balaban J connectivity index is 1.35. The van der Waals surface area contributed by atoms with Crippen LogP contribution in [0.25, 0.3) is 5.65 Å². The van der Waals surface area contributed by atoms with E-state index in [9.17, 15) is 4.79 Å². The van der Waals surface area contributed by atoms with Crippen molar-refractivity contribution in [1.82, 2.24) is 29.0 Å². The molecule has 1 saturated heterocycles. The van der Waals surface area contributed by atoms with Crippen molar-refractivity contribution in [2.45, 2.75) is 44.6 Å². The number of fused-ring (bicyclic) bond motifs is 1. The van der Waals surface area contributed by atoms with Crippen LogP contribution in [0.4, 0.5) is 0 Å². The lowest BCUT2D eigenvalue weighted by Gasteiger charge is -2.32. The van der Waals surface area contributed by atoms with E-state index in [1.54, 1.807) is 16.9 Å². The fourth-order valence-electron chi connectivity index (χ4n) is 4.28. The SMILES string of the molecule is O=C(c1cnn2cc(CCO)cnc12)N1CCC[C@H](c2nccn2CC2CC2)C1. The molecule has 29 heavy (non-hydrogen) atoms. The fraction of sp³-hybridized carbons (Fsp3) is 0.524. The first-order valence-electron chi connectivity index (χ1n) is 10.5. The smallest absolute Gasteiger partial charge is 0.259 e. The van der Waals surface area contributed by atoms with E-state index in [0.717, 1.165) is 43.2 Å². The standard InChI is InChI=1S/C21H26N6O2/c28-9-5-16-10-23-20-18(11-24-27(20)13-16)21(29)26-7-1-2-17(14-26)19-22-6-8-25(19)12-15-3-4-15/h6,8,10-11,13,15,17,28H,1-5,7,9,12,14H2/t17-/m0/s1. The summed E-state index contributed by atoms with van der Waals surface area (Å²) >= 11 is 0. The van der Waals surface area contributed by atoms with Crippen LogP contribution in [0, 0.1) is 5.92 Å². The average molecular weight is 394 g/mol. The second-order valence-electron chi connectivity index (χ2n) is 8.23. The highest BCUT2D eigenvalue weighted by atomic mass is 16.3. The first-order valence-corrected chi connectivity index (χ1v) is 10.5. The number of rotatable bonds is 6. The number of hydrogen-bond acceptors (Lipinski definition) is 5. The molecule has 3 aromatic heterocycles. The van der Waals surface area contributed by atoms with Crippen LogP contribution in [0.5, 0.6) is 0 Å². The van der Waals surface area contributed by atoms with Gasteiger partial charge in [0, 0.05) is 56.9 Å². The normalized spacial score (nSPS) is 19.8. The van der Waals surface area contributed by atoms with E-state index in [1.807, 2.05) is 17.3 Å². The predicted molar refractivity (Wildman–Crippen MR) is 107 cm³/mol. The summed E-state index contributed by atoms with van der Waals surface area (Å²) in [6, 6.07) is 0. The van der Waals surface area contributed by atoms with Gasteiger partial charge in [-0.15, -0.1) is 0 Å². The molecule has 1 amide bonds. The Labute approximate surface area is 169 Å². The van der Waals surface area contributed by atoms with Crippen molar-refractivity contribution < 1.29 is 9.90 Å². The molecular weight excluding hydrogens is 368 g/mol. The van der Waals surface area contributed by atoms with Crippen LogP contribution in [0.1, 0.15) is 53.3 Å². The molecule has 152 valence electrons. The van der Waals surface area contributed by atoms with Gasteiger partial charge in [-0.3, -0.25) is 4.79 Å². The van der Waals surface area contributed by atoms with Crippen molar-refractivity contribution in [3.05, 3.63) is 47.9 Å². The van der Waals surface area contributed by atoms with Crippen molar-refractivity contribution >= 4 is 11.6 Å². The molecule has 1 saturated carbocycles. The molecule has 1 atom stereocenters. The van der Waals surface area contributed by atoms with Crippen LogP contribution in [0.15, 0.2) is 31.0 Å². The minimum atomic E-state index is -0.0209. The Kier molecular flexibility index (Phi) is 4.79. The molecule has 0 bridgehead atoms. The molecule has 4 heterocycles. The van der Waals surface area contributed by atoms with Crippen LogP contribution in [-0.2, 0) is 13.0 Å². The first kappa shape index (κ1) is 18.3. The van der Waals surface area contributed by atoms with Gasteiger partial charge >= 0.3 is 0 Å². The lowest BCUT2D eigenvalue weighted by atomic mass is 9.96. The highest BCUT2D eigenvalue weighted by Gasteiger charge is 2.31. The Bertz CT molecular complexity index is 1020. The number of piperidine rings is 1. The average Bonchev–Trinajstić information content (AvgIpc) is 3.27. The van der Waals surface area contributed by atoms with Crippen molar-refractivity contribution in [3.8, 4) is 0 Å². The molecule has 8 nitrogen and oxygen atoms in total. The Morgan fingerprint density at radius 3 is 2.93 bits per heavy atom.